The molecule has 0 aromatic heterocycles. The van der Waals surface area contributed by atoms with Crippen LogP contribution in [0.5, 0.6) is 0 Å². The molecule has 0 saturated heterocycles. The zero-order valence-corrected chi connectivity index (χ0v) is 12.6. The number of nitrogens with two attached hydrogens (primary N) is 1. The summed E-state index contributed by atoms with van der Waals surface area (Å²) < 4.78 is 0. The van der Waals surface area contributed by atoms with Crippen molar-refractivity contribution in [1.82, 2.24) is 4.90 Å². The quantitative estimate of drug-likeness (QED) is 0.832. The Hall–Kier alpha value is -1.02. The van der Waals surface area contributed by atoms with Crippen molar-refractivity contribution in [3.8, 4) is 0 Å². The van der Waals surface area contributed by atoms with E-state index in [1.165, 1.54) is 24.8 Å². The van der Waals surface area contributed by atoms with E-state index in [0.29, 0.717) is 0 Å². The molecule has 0 aliphatic heterocycles. The highest BCUT2D eigenvalue weighted by atomic mass is 15.1. The summed E-state index contributed by atoms with van der Waals surface area (Å²) in [6.45, 7) is 9.24. The van der Waals surface area contributed by atoms with Crippen molar-refractivity contribution < 1.29 is 0 Å². The summed E-state index contributed by atoms with van der Waals surface area (Å²) in [5.74, 6) is 1.75. The van der Waals surface area contributed by atoms with Gasteiger partial charge >= 0.3 is 0 Å². The maximum absolute atomic E-state index is 5.88. The van der Waals surface area contributed by atoms with Gasteiger partial charge < -0.3 is 5.73 Å². The van der Waals surface area contributed by atoms with Gasteiger partial charge in [-0.05, 0) is 55.3 Å². The molecule has 2 nitrogen and oxygen atoms in total. The summed E-state index contributed by atoms with van der Waals surface area (Å²) in [5.41, 5.74) is 8.09. The van der Waals surface area contributed by atoms with Crippen molar-refractivity contribution in [3.63, 3.8) is 0 Å². The molecule has 0 heterocycles. The average Bonchev–Trinajstić information content (AvgIpc) is 2.39. The monoisotopic (exact) mass is 260 g/mol. The summed E-state index contributed by atoms with van der Waals surface area (Å²) in [6.07, 6.45) is 4.07. The molecule has 3 unspecified atom stereocenters. The molecule has 0 radical (unpaired) electrons. The molecule has 2 heteroatoms. The minimum Gasteiger partial charge on any atom is -0.399 e. The molecule has 1 fully saturated rings. The van der Waals surface area contributed by atoms with Gasteiger partial charge in [-0.1, -0.05) is 32.9 Å². The minimum absolute atomic E-state index is 0.748. The summed E-state index contributed by atoms with van der Waals surface area (Å²) in [4.78, 5) is 2.62. The molecule has 106 valence electrons. The second-order valence-corrected chi connectivity index (χ2v) is 6.23. The van der Waals surface area contributed by atoms with Gasteiger partial charge in [0, 0.05) is 18.3 Å². The van der Waals surface area contributed by atoms with Crippen LogP contribution in [0.2, 0.25) is 0 Å². The van der Waals surface area contributed by atoms with Crippen LogP contribution >= 0.6 is 0 Å². The van der Waals surface area contributed by atoms with Gasteiger partial charge in [0.15, 0.2) is 0 Å². The maximum Gasteiger partial charge on any atom is 0.0317 e. The van der Waals surface area contributed by atoms with Gasteiger partial charge in [0.1, 0.15) is 0 Å². The Morgan fingerprint density at radius 3 is 2.63 bits per heavy atom. The number of benzene rings is 1. The van der Waals surface area contributed by atoms with Crippen molar-refractivity contribution >= 4 is 5.69 Å². The fraction of sp³-hybridized carbons (Fsp3) is 0.647. The Kier molecular flexibility index (Phi) is 4.87. The highest BCUT2D eigenvalue weighted by Gasteiger charge is 2.27. The average molecular weight is 260 g/mol. The maximum atomic E-state index is 5.88. The molecule has 0 bridgehead atoms. The van der Waals surface area contributed by atoms with Crippen LogP contribution in [-0.2, 0) is 6.54 Å². The second kappa shape index (κ2) is 6.42. The zero-order chi connectivity index (χ0) is 13.8. The smallest absolute Gasteiger partial charge is 0.0317 e. The van der Waals surface area contributed by atoms with Gasteiger partial charge in [-0.2, -0.15) is 0 Å². The van der Waals surface area contributed by atoms with E-state index in [1.807, 2.05) is 6.07 Å². The van der Waals surface area contributed by atoms with Crippen LogP contribution in [-0.4, -0.2) is 17.5 Å². The van der Waals surface area contributed by atoms with Crippen LogP contribution in [0.1, 0.15) is 45.6 Å². The first kappa shape index (κ1) is 14.4. The van der Waals surface area contributed by atoms with Gasteiger partial charge in [-0.3, -0.25) is 4.90 Å². The molecule has 1 aromatic carbocycles. The molecule has 1 aliphatic rings. The summed E-state index contributed by atoms with van der Waals surface area (Å²) in [5, 5.41) is 0. The molecule has 3 atom stereocenters. The van der Waals surface area contributed by atoms with Crippen LogP contribution in [0.4, 0.5) is 5.69 Å². The van der Waals surface area contributed by atoms with E-state index in [4.69, 9.17) is 5.73 Å². The van der Waals surface area contributed by atoms with Gasteiger partial charge in [-0.15, -0.1) is 0 Å². The van der Waals surface area contributed by atoms with Crippen LogP contribution < -0.4 is 5.73 Å². The fourth-order valence-corrected chi connectivity index (χ4v) is 3.28. The molecular weight excluding hydrogens is 232 g/mol. The van der Waals surface area contributed by atoms with E-state index < -0.39 is 0 Å². The Balaban J connectivity index is 2.00. The van der Waals surface area contributed by atoms with E-state index in [9.17, 15) is 0 Å². The standard InChI is InChI=1S/C17H28N2/c1-4-19(12-15-6-5-7-16(18)11-15)17-9-8-13(2)14(3)10-17/h5-7,11,13-14,17H,4,8-10,12,18H2,1-3H3. The second-order valence-electron chi connectivity index (χ2n) is 6.23. The Labute approximate surface area is 118 Å². The number of hydrogen-bond donors (Lipinski definition) is 1. The van der Waals surface area contributed by atoms with Crippen LogP contribution in [0.3, 0.4) is 0 Å². The fourth-order valence-electron chi connectivity index (χ4n) is 3.28. The number of nitrogens with zero attached hydrogens (tertiary/aromatic N) is 1. The Morgan fingerprint density at radius 1 is 1.21 bits per heavy atom. The Morgan fingerprint density at radius 2 is 2.00 bits per heavy atom. The number of hydrogen-bond acceptors (Lipinski definition) is 2. The number of nitrogen functional groups attached to an aromatic ring is 1. The van der Waals surface area contributed by atoms with Gasteiger partial charge in [0.05, 0.1) is 0 Å². The van der Waals surface area contributed by atoms with Crippen LogP contribution in [0.25, 0.3) is 0 Å². The molecule has 2 N–H and O–H groups in total. The topological polar surface area (TPSA) is 29.3 Å². The molecule has 0 amide bonds. The lowest BCUT2D eigenvalue weighted by Crippen LogP contribution is -2.39. The van der Waals surface area contributed by atoms with Gasteiger partial charge in [0.2, 0.25) is 0 Å². The number of rotatable bonds is 4. The lowest BCUT2D eigenvalue weighted by molar-refractivity contribution is 0.108. The molecule has 2 rings (SSSR count). The normalized spacial score (nSPS) is 27.7. The van der Waals surface area contributed by atoms with Crippen molar-refractivity contribution in [2.75, 3.05) is 12.3 Å². The van der Waals surface area contributed by atoms with Crippen molar-refractivity contribution in [2.24, 2.45) is 11.8 Å². The molecule has 1 aromatic rings. The van der Waals surface area contributed by atoms with E-state index >= 15 is 0 Å². The molecule has 1 aliphatic carbocycles. The third kappa shape index (κ3) is 3.73. The van der Waals surface area contributed by atoms with Crippen molar-refractivity contribution in [2.45, 2.75) is 52.6 Å². The first-order chi connectivity index (χ1) is 9.10. The van der Waals surface area contributed by atoms with Crippen molar-refractivity contribution in [3.05, 3.63) is 29.8 Å². The third-order valence-corrected chi connectivity index (χ3v) is 4.83. The Bertz CT molecular complexity index is 402. The first-order valence-corrected chi connectivity index (χ1v) is 7.68. The summed E-state index contributed by atoms with van der Waals surface area (Å²) >= 11 is 0. The zero-order valence-electron chi connectivity index (χ0n) is 12.6. The summed E-state index contributed by atoms with van der Waals surface area (Å²) in [7, 11) is 0. The predicted molar refractivity (Wildman–Crippen MR) is 82.9 cm³/mol. The molecule has 0 spiro atoms. The highest BCUT2D eigenvalue weighted by Crippen LogP contribution is 2.32. The SMILES string of the molecule is CCN(Cc1cccc(N)c1)C1CCC(C)C(C)C1. The van der Waals surface area contributed by atoms with E-state index in [2.05, 4.69) is 43.9 Å². The highest BCUT2D eigenvalue weighted by molar-refractivity contribution is 5.40. The molecule has 19 heavy (non-hydrogen) atoms. The number of anilines is 1. The van der Waals surface area contributed by atoms with E-state index in [1.54, 1.807) is 0 Å². The van der Waals surface area contributed by atoms with Gasteiger partial charge in [-0.25, -0.2) is 0 Å². The largest absolute Gasteiger partial charge is 0.399 e. The lowest BCUT2D eigenvalue weighted by atomic mass is 9.78. The summed E-state index contributed by atoms with van der Waals surface area (Å²) in [6, 6.07) is 9.07. The van der Waals surface area contributed by atoms with Crippen LogP contribution in [0, 0.1) is 11.8 Å². The minimum atomic E-state index is 0.748. The molecular formula is C17H28N2. The lowest BCUT2D eigenvalue weighted by Gasteiger charge is -2.39. The predicted octanol–water partition coefficient (Wildman–Crippen LogP) is 3.92. The van der Waals surface area contributed by atoms with Crippen molar-refractivity contribution in [1.29, 1.82) is 0 Å². The van der Waals surface area contributed by atoms with Gasteiger partial charge in [0.25, 0.3) is 0 Å². The van der Waals surface area contributed by atoms with E-state index in [0.717, 1.165) is 36.7 Å². The first-order valence-electron chi connectivity index (χ1n) is 7.68. The van der Waals surface area contributed by atoms with E-state index in [-0.39, 0.29) is 0 Å². The third-order valence-electron chi connectivity index (χ3n) is 4.83. The molecule has 1 saturated carbocycles. The van der Waals surface area contributed by atoms with Crippen LogP contribution in [0.15, 0.2) is 24.3 Å².